The normalized spacial score (nSPS) is 10.5. The fraction of sp³-hybridized carbons (Fsp3) is 0.190. The van der Waals surface area contributed by atoms with Gasteiger partial charge in [0.2, 0.25) is 0 Å². The highest BCUT2D eigenvalue weighted by molar-refractivity contribution is 6.30. The van der Waals surface area contributed by atoms with Gasteiger partial charge in [0.15, 0.2) is 5.69 Å². The quantitative estimate of drug-likeness (QED) is 0.637. The minimum absolute atomic E-state index is 0.0543. The number of halogens is 1. The molecule has 0 radical (unpaired) electrons. The Hall–Kier alpha value is -3.12. The molecule has 0 aliphatic rings. The number of aryl methyl sites for hydroxylation is 1. The average molecular weight is 398 g/mol. The van der Waals surface area contributed by atoms with E-state index < -0.39 is 5.97 Å². The number of carbonyl (C=O) groups excluding carboxylic acids is 1. The van der Waals surface area contributed by atoms with Crippen LogP contribution in [0.25, 0.3) is 5.69 Å². The van der Waals surface area contributed by atoms with Crippen LogP contribution >= 0.6 is 11.6 Å². The molecule has 0 aliphatic carbocycles. The van der Waals surface area contributed by atoms with Gasteiger partial charge in [-0.1, -0.05) is 41.9 Å². The largest absolute Gasteiger partial charge is 0.461 e. The topological polar surface area (TPSA) is 73.2 Å². The summed E-state index contributed by atoms with van der Waals surface area (Å²) in [6.07, 6.45) is 0. The monoisotopic (exact) mass is 397 g/mol. The van der Waals surface area contributed by atoms with Gasteiger partial charge in [-0.25, -0.2) is 4.79 Å². The van der Waals surface area contributed by atoms with Crippen LogP contribution in [0, 0.1) is 6.92 Å². The van der Waals surface area contributed by atoms with Crippen molar-refractivity contribution in [2.45, 2.75) is 20.4 Å². The van der Waals surface area contributed by atoms with Crippen molar-refractivity contribution in [3.8, 4) is 5.69 Å². The van der Waals surface area contributed by atoms with Gasteiger partial charge >= 0.3 is 5.97 Å². The first-order chi connectivity index (χ1) is 13.5. The Kier molecular flexibility index (Phi) is 6.11. The van der Waals surface area contributed by atoms with Gasteiger partial charge in [0, 0.05) is 17.6 Å². The number of rotatable bonds is 6. The zero-order valence-corrected chi connectivity index (χ0v) is 16.4. The van der Waals surface area contributed by atoms with E-state index in [0.29, 0.717) is 22.9 Å². The number of para-hydroxylation sites is 1. The van der Waals surface area contributed by atoms with Gasteiger partial charge < -0.3 is 10.1 Å². The summed E-state index contributed by atoms with van der Waals surface area (Å²) >= 11 is 5.90. The lowest BCUT2D eigenvalue weighted by molar-refractivity contribution is 0.0518. The average Bonchev–Trinajstić information content (AvgIpc) is 2.68. The summed E-state index contributed by atoms with van der Waals surface area (Å²) in [5.74, 6) is -0.594. The maximum absolute atomic E-state index is 12.7. The van der Waals surface area contributed by atoms with Gasteiger partial charge in [0.25, 0.3) is 5.56 Å². The molecule has 0 aliphatic heterocycles. The molecular formula is C21H20ClN3O3. The standard InChI is InChI=1S/C21H20ClN3O3/c1-3-28-21(27)20-17(23-13-15-8-10-16(22)11-9-15)12-19(26)25(24-20)18-7-5-4-6-14(18)2/h4-12,23H,3,13H2,1-2H3. The molecule has 3 rings (SSSR count). The highest BCUT2D eigenvalue weighted by Gasteiger charge is 2.19. The zero-order valence-electron chi connectivity index (χ0n) is 15.6. The summed E-state index contributed by atoms with van der Waals surface area (Å²) in [5.41, 5.74) is 2.46. The fourth-order valence-corrected chi connectivity index (χ4v) is 2.84. The number of aromatic nitrogens is 2. The van der Waals surface area contributed by atoms with Crippen molar-refractivity contribution in [1.82, 2.24) is 9.78 Å². The number of anilines is 1. The van der Waals surface area contributed by atoms with Crippen LogP contribution < -0.4 is 10.9 Å². The molecule has 0 atom stereocenters. The third-order valence-electron chi connectivity index (χ3n) is 4.14. The Morgan fingerprint density at radius 3 is 2.57 bits per heavy atom. The van der Waals surface area contributed by atoms with Gasteiger partial charge in [-0.2, -0.15) is 9.78 Å². The van der Waals surface area contributed by atoms with E-state index in [2.05, 4.69) is 10.4 Å². The molecule has 1 heterocycles. The summed E-state index contributed by atoms with van der Waals surface area (Å²) in [7, 11) is 0. The van der Waals surface area contributed by atoms with Crippen LogP contribution in [0.5, 0.6) is 0 Å². The number of hydrogen-bond acceptors (Lipinski definition) is 5. The molecule has 0 amide bonds. The van der Waals surface area contributed by atoms with Gasteiger partial charge in [-0.15, -0.1) is 0 Å². The number of nitrogens with one attached hydrogen (secondary N) is 1. The molecule has 6 nitrogen and oxygen atoms in total. The van der Waals surface area contributed by atoms with Crippen molar-refractivity contribution in [1.29, 1.82) is 0 Å². The maximum atomic E-state index is 12.7. The molecule has 144 valence electrons. The summed E-state index contributed by atoms with van der Waals surface area (Å²) in [5, 5.41) is 8.03. The molecule has 0 saturated carbocycles. The summed E-state index contributed by atoms with van der Waals surface area (Å²) in [6, 6.07) is 16.0. The lowest BCUT2D eigenvalue weighted by Crippen LogP contribution is -2.26. The minimum Gasteiger partial charge on any atom is -0.461 e. The van der Waals surface area contributed by atoms with Crippen molar-refractivity contribution in [3.05, 3.63) is 86.8 Å². The second-order valence-electron chi connectivity index (χ2n) is 6.14. The number of ether oxygens (including phenoxy) is 1. The van der Waals surface area contributed by atoms with Gasteiger partial charge in [-0.05, 0) is 43.2 Å². The van der Waals surface area contributed by atoms with E-state index in [9.17, 15) is 9.59 Å². The molecule has 0 spiro atoms. The number of carbonyl (C=O) groups is 1. The first kappa shape index (κ1) is 19.6. The number of esters is 1. The predicted molar refractivity (Wildman–Crippen MR) is 109 cm³/mol. The van der Waals surface area contributed by atoms with Crippen LogP contribution in [-0.2, 0) is 11.3 Å². The van der Waals surface area contributed by atoms with Crippen LogP contribution in [0.1, 0.15) is 28.5 Å². The molecule has 0 saturated heterocycles. The van der Waals surface area contributed by atoms with E-state index in [1.807, 2.05) is 37.3 Å². The van der Waals surface area contributed by atoms with Crippen molar-refractivity contribution in [2.24, 2.45) is 0 Å². The second kappa shape index (κ2) is 8.71. The van der Waals surface area contributed by atoms with Gasteiger partial charge in [-0.3, -0.25) is 4.79 Å². The molecule has 0 fully saturated rings. The van der Waals surface area contributed by atoms with Crippen LogP contribution in [0.15, 0.2) is 59.4 Å². The molecule has 1 N–H and O–H groups in total. The van der Waals surface area contributed by atoms with E-state index in [-0.39, 0.29) is 17.9 Å². The molecule has 1 aromatic heterocycles. The van der Waals surface area contributed by atoms with Crippen LogP contribution in [0.2, 0.25) is 5.02 Å². The van der Waals surface area contributed by atoms with Gasteiger partial charge in [0.05, 0.1) is 18.0 Å². The molecule has 7 heteroatoms. The fourth-order valence-electron chi connectivity index (χ4n) is 2.71. The number of nitrogens with zero attached hydrogens (tertiary/aromatic N) is 2. The van der Waals surface area contributed by atoms with Crippen molar-refractivity contribution >= 4 is 23.3 Å². The third kappa shape index (κ3) is 4.40. The molecule has 0 unspecified atom stereocenters. The summed E-state index contributed by atoms with van der Waals surface area (Å²) in [4.78, 5) is 25.1. The van der Waals surface area contributed by atoms with Crippen LogP contribution in [0.3, 0.4) is 0 Å². The summed E-state index contributed by atoms with van der Waals surface area (Å²) < 4.78 is 6.34. The Bertz CT molecular complexity index is 1050. The van der Waals surface area contributed by atoms with Crippen molar-refractivity contribution in [3.63, 3.8) is 0 Å². The van der Waals surface area contributed by atoms with E-state index in [1.165, 1.54) is 10.7 Å². The van der Waals surface area contributed by atoms with E-state index in [1.54, 1.807) is 25.1 Å². The molecule has 2 aromatic carbocycles. The van der Waals surface area contributed by atoms with Crippen molar-refractivity contribution < 1.29 is 9.53 Å². The lowest BCUT2D eigenvalue weighted by Gasteiger charge is -2.14. The molecular weight excluding hydrogens is 378 g/mol. The van der Waals surface area contributed by atoms with Crippen LogP contribution in [-0.4, -0.2) is 22.4 Å². The second-order valence-corrected chi connectivity index (χ2v) is 6.58. The first-order valence-electron chi connectivity index (χ1n) is 8.85. The Balaban J connectivity index is 2.00. The van der Waals surface area contributed by atoms with Crippen LogP contribution in [0.4, 0.5) is 5.69 Å². The Morgan fingerprint density at radius 2 is 1.89 bits per heavy atom. The Labute approximate surface area is 167 Å². The highest BCUT2D eigenvalue weighted by atomic mass is 35.5. The smallest absolute Gasteiger partial charge is 0.360 e. The van der Waals surface area contributed by atoms with Crippen molar-refractivity contribution in [2.75, 3.05) is 11.9 Å². The molecule has 28 heavy (non-hydrogen) atoms. The predicted octanol–water partition coefficient (Wildman–Crippen LogP) is 3.98. The summed E-state index contributed by atoms with van der Waals surface area (Å²) in [6.45, 7) is 4.20. The van der Waals surface area contributed by atoms with E-state index >= 15 is 0 Å². The Morgan fingerprint density at radius 1 is 1.18 bits per heavy atom. The molecule has 0 bridgehead atoms. The lowest BCUT2D eigenvalue weighted by atomic mass is 10.2. The van der Waals surface area contributed by atoms with Gasteiger partial charge in [0.1, 0.15) is 0 Å². The first-order valence-corrected chi connectivity index (χ1v) is 9.23. The molecule has 3 aromatic rings. The number of hydrogen-bond donors (Lipinski definition) is 1. The van der Waals surface area contributed by atoms with E-state index in [0.717, 1.165) is 11.1 Å². The SMILES string of the molecule is CCOC(=O)c1nn(-c2ccccc2C)c(=O)cc1NCc1ccc(Cl)cc1. The third-order valence-corrected chi connectivity index (χ3v) is 4.39. The number of benzene rings is 2. The highest BCUT2D eigenvalue weighted by Crippen LogP contribution is 2.17. The van der Waals surface area contributed by atoms with E-state index in [4.69, 9.17) is 16.3 Å². The minimum atomic E-state index is -0.594. The maximum Gasteiger partial charge on any atom is 0.360 e. The zero-order chi connectivity index (χ0) is 20.1.